The van der Waals surface area contributed by atoms with Crippen LogP contribution in [0.15, 0.2) is 24.7 Å². The number of nitrogens with zero attached hydrogens (tertiary/aromatic N) is 5. The van der Waals surface area contributed by atoms with Crippen molar-refractivity contribution in [1.82, 2.24) is 24.4 Å². The largest absolute Gasteiger partial charge is 0.373 e. The molecule has 5 rings (SSSR count). The van der Waals surface area contributed by atoms with E-state index in [1.165, 1.54) is 25.9 Å². The first kappa shape index (κ1) is 17.1. The number of ether oxygens (including phenoxy) is 1. The first-order chi connectivity index (χ1) is 13.2. The van der Waals surface area contributed by atoms with Gasteiger partial charge in [-0.25, -0.2) is 9.50 Å². The van der Waals surface area contributed by atoms with Gasteiger partial charge >= 0.3 is 0 Å². The van der Waals surface area contributed by atoms with Crippen molar-refractivity contribution in [3.05, 3.63) is 30.2 Å². The molecule has 0 radical (unpaired) electrons. The van der Waals surface area contributed by atoms with E-state index in [9.17, 15) is 4.79 Å². The van der Waals surface area contributed by atoms with Crippen LogP contribution >= 0.6 is 0 Å². The third-order valence-electron chi connectivity index (χ3n) is 6.34. The summed E-state index contributed by atoms with van der Waals surface area (Å²) in [6.07, 6.45) is 10.9. The lowest BCUT2D eigenvalue weighted by Gasteiger charge is -2.39. The Kier molecular flexibility index (Phi) is 4.36. The van der Waals surface area contributed by atoms with Crippen LogP contribution < -0.4 is 0 Å². The topological polar surface area (TPSA) is 63.0 Å². The summed E-state index contributed by atoms with van der Waals surface area (Å²) in [4.78, 5) is 22.0. The van der Waals surface area contributed by atoms with Gasteiger partial charge in [-0.2, -0.15) is 5.10 Å². The number of amides is 1. The third kappa shape index (κ3) is 3.23. The molecule has 0 aromatic carbocycles. The zero-order valence-corrected chi connectivity index (χ0v) is 15.7. The Hall–Kier alpha value is -1.99. The maximum atomic E-state index is 13.1. The number of aromatic nitrogens is 3. The maximum Gasteiger partial charge on any atom is 0.259 e. The van der Waals surface area contributed by atoms with Crippen LogP contribution in [-0.4, -0.2) is 75.2 Å². The van der Waals surface area contributed by atoms with Gasteiger partial charge in [0.25, 0.3) is 5.91 Å². The Morgan fingerprint density at radius 1 is 1.26 bits per heavy atom. The molecule has 0 N–H and O–H groups in total. The number of piperidine rings is 1. The summed E-state index contributed by atoms with van der Waals surface area (Å²) in [5.74, 6) is 0.617. The van der Waals surface area contributed by atoms with E-state index in [0.717, 1.165) is 39.0 Å². The Balaban J connectivity index is 1.28. The molecule has 5 heterocycles. The van der Waals surface area contributed by atoms with E-state index >= 15 is 0 Å². The third-order valence-corrected chi connectivity index (χ3v) is 6.34. The molecule has 2 aromatic heterocycles. The Bertz CT molecular complexity index is 831. The minimum atomic E-state index is -0.158. The fourth-order valence-electron chi connectivity index (χ4n) is 5.09. The molecule has 144 valence electrons. The van der Waals surface area contributed by atoms with Gasteiger partial charge in [0.2, 0.25) is 0 Å². The number of rotatable bonds is 3. The summed E-state index contributed by atoms with van der Waals surface area (Å²) in [5.41, 5.74) is 1.05. The Morgan fingerprint density at radius 3 is 3.04 bits per heavy atom. The van der Waals surface area contributed by atoms with E-state index in [0.29, 0.717) is 23.7 Å². The number of likely N-dealkylation sites (tertiary alicyclic amines) is 2. The van der Waals surface area contributed by atoms with Gasteiger partial charge in [0.05, 0.1) is 18.4 Å². The van der Waals surface area contributed by atoms with Gasteiger partial charge in [0, 0.05) is 32.0 Å². The number of hydrogen-bond donors (Lipinski definition) is 0. The summed E-state index contributed by atoms with van der Waals surface area (Å²) < 4.78 is 7.99. The SMILES string of the molecule is O=C(c1cnn2cccnc12)N1CCC[C@]2(C[C@@H](CN3CCCC3)CO2)C1. The molecule has 2 atom stereocenters. The standard InChI is InChI=1S/C20H27N5O2/c26-19(17-12-22-25-10-4-6-21-18(17)25)24-9-3-5-20(15-24)11-16(14-27-20)13-23-7-1-2-8-23/h4,6,10,12,16H,1-3,5,7-9,11,13-15H2/t16-,20-/m0/s1. The zero-order valence-electron chi connectivity index (χ0n) is 15.7. The molecule has 1 amide bonds. The van der Waals surface area contributed by atoms with E-state index < -0.39 is 0 Å². The van der Waals surface area contributed by atoms with Crippen LogP contribution in [0.25, 0.3) is 5.65 Å². The van der Waals surface area contributed by atoms with Crippen molar-refractivity contribution in [3.8, 4) is 0 Å². The maximum absolute atomic E-state index is 13.1. The summed E-state index contributed by atoms with van der Waals surface area (Å²) in [5, 5.41) is 4.26. The molecule has 0 aliphatic carbocycles. The van der Waals surface area contributed by atoms with Crippen LogP contribution in [0, 0.1) is 5.92 Å². The van der Waals surface area contributed by atoms with Gasteiger partial charge in [0.15, 0.2) is 5.65 Å². The predicted octanol–water partition coefficient (Wildman–Crippen LogP) is 1.84. The molecule has 3 saturated heterocycles. The van der Waals surface area contributed by atoms with Crippen LogP contribution in [0.2, 0.25) is 0 Å². The number of hydrogen-bond acceptors (Lipinski definition) is 5. The molecular formula is C20H27N5O2. The molecule has 0 bridgehead atoms. The highest BCUT2D eigenvalue weighted by Gasteiger charge is 2.45. The van der Waals surface area contributed by atoms with Crippen molar-refractivity contribution < 1.29 is 9.53 Å². The lowest BCUT2D eigenvalue weighted by molar-refractivity contribution is -0.0450. The lowest BCUT2D eigenvalue weighted by Crippen LogP contribution is -2.50. The van der Waals surface area contributed by atoms with Crippen LogP contribution in [0.4, 0.5) is 0 Å². The second kappa shape index (κ2) is 6.87. The predicted molar refractivity (Wildman–Crippen MR) is 101 cm³/mol. The quantitative estimate of drug-likeness (QED) is 0.826. The van der Waals surface area contributed by atoms with E-state index in [1.807, 2.05) is 17.2 Å². The van der Waals surface area contributed by atoms with Gasteiger partial charge in [-0.3, -0.25) is 4.79 Å². The van der Waals surface area contributed by atoms with Gasteiger partial charge in [-0.05, 0) is 57.2 Å². The lowest BCUT2D eigenvalue weighted by atomic mass is 9.86. The fourth-order valence-corrected chi connectivity index (χ4v) is 5.09. The van der Waals surface area contributed by atoms with Crippen molar-refractivity contribution in [2.24, 2.45) is 5.92 Å². The van der Waals surface area contributed by atoms with Crippen molar-refractivity contribution in [3.63, 3.8) is 0 Å². The molecule has 27 heavy (non-hydrogen) atoms. The zero-order chi connectivity index (χ0) is 18.3. The van der Waals surface area contributed by atoms with Crippen LogP contribution in [0.5, 0.6) is 0 Å². The second-order valence-corrected chi connectivity index (χ2v) is 8.35. The molecule has 2 aromatic rings. The summed E-state index contributed by atoms with van der Waals surface area (Å²) in [7, 11) is 0. The number of carbonyl (C=O) groups excluding carboxylic acids is 1. The minimum absolute atomic E-state index is 0.0226. The van der Waals surface area contributed by atoms with Gasteiger partial charge in [-0.1, -0.05) is 0 Å². The van der Waals surface area contributed by atoms with E-state index in [2.05, 4.69) is 15.0 Å². The van der Waals surface area contributed by atoms with Crippen LogP contribution in [0.3, 0.4) is 0 Å². The van der Waals surface area contributed by atoms with Crippen LogP contribution in [0.1, 0.15) is 42.5 Å². The van der Waals surface area contributed by atoms with Gasteiger partial charge in [-0.15, -0.1) is 0 Å². The molecule has 1 spiro atoms. The normalized spacial score (nSPS) is 29.2. The highest BCUT2D eigenvalue weighted by atomic mass is 16.5. The molecule has 3 aliphatic rings. The van der Waals surface area contributed by atoms with Crippen molar-refractivity contribution in [2.75, 3.05) is 39.3 Å². The summed E-state index contributed by atoms with van der Waals surface area (Å²) in [6.45, 7) is 5.91. The number of fused-ring (bicyclic) bond motifs is 1. The number of carbonyl (C=O) groups is 1. The Labute approximate surface area is 159 Å². The van der Waals surface area contributed by atoms with Crippen molar-refractivity contribution in [2.45, 2.75) is 37.7 Å². The first-order valence-corrected chi connectivity index (χ1v) is 10.2. The van der Waals surface area contributed by atoms with E-state index in [-0.39, 0.29) is 11.5 Å². The van der Waals surface area contributed by atoms with E-state index in [4.69, 9.17) is 4.74 Å². The molecular weight excluding hydrogens is 342 g/mol. The van der Waals surface area contributed by atoms with Gasteiger partial charge < -0.3 is 14.5 Å². The fraction of sp³-hybridized carbons (Fsp3) is 0.650. The monoisotopic (exact) mass is 369 g/mol. The van der Waals surface area contributed by atoms with Gasteiger partial charge in [0.1, 0.15) is 5.56 Å². The highest BCUT2D eigenvalue weighted by Crippen LogP contribution is 2.38. The highest BCUT2D eigenvalue weighted by molar-refractivity contribution is 5.99. The summed E-state index contributed by atoms with van der Waals surface area (Å²) in [6, 6.07) is 1.82. The first-order valence-electron chi connectivity index (χ1n) is 10.2. The van der Waals surface area contributed by atoms with Crippen molar-refractivity contribution >= 4 is 11.6 Å². The Morgan fingerprint density at radius 2 is 2.15 bits per heavy atom. The van der Waals surface area contributed by atoms with E-state index in [1.54, 1.807) is 16.9 Å². The molecule has 0 saturated carbocycles. The minimum Gasteiger partial charge on any atom is -0.373 e. The molecule has 7 heteroatoms. The molecule has 0 unspecified atom stereocenters. The summed E-state index contributed by atoms with van der Waals surface area (Å²) >= 11 is 0. The smallest absolute Gasteiger partial charge is 0.259 e. The van der Waals surface area contributed by atoms with Crippen LogP contribution in [-0.2, 0) is 4.74 Å². The molecule has 3 fully saturated rings. The second-order valence-electron chi connectivity index (χ2n) is 8.35. The molecule has 7 nitrogen and oxygen atoms in total. The molecule has 3 aliphatic heterocycles. The average Bonchev–Trinajstić information content (AvgIpc) is 3.42. The average molecular weight is 369 g/mol. The van der Waals surface area contributed by atoms with Crippen molar-refractivity contribution in [1.29, 1.82) is 0 Å².